The summed E-state index contributed by atoms with van der Waals surface area (Å²) in [6.07, 6.45) is -3.33. The molecule has 4 nitrogen and oxygen atoms in total. The predicted octanol–water partition coefficient (Wildman–Crippen LogP) is 3.20. The maximum absolute atomic E-state index is 12.0. The number of benzene rings is 1. The highest BCUT2D eigenvalue weighted by Crippen LogP contribution is 2.24. The van der Waals surface area contributed by atoms with E-state index in [-0.39, 0.29) is 11.4 Å². The van der Waals surface area contributed by atoms with Gasteiger partial charge in [-0.15, -0.1) is 13.2 Å². The Morgan fingerprint density at radius 1 is 1.00 bits per heavy atom. The van der Waals surface area contributed by atoms with Crippen LogP contribution in [0.25, 0.3) is 0 Å². The predicted molar refractivity (Wildman–Crippen MR) is 62.3 cm³/mol. The van der Waals surface area contributed by atoms with Crippen molar-refractivity contribution >= 4 is 5.97 Å². The number of ether oxygens (including phenoxy) is 2. The quantitative estimate of drug-likeness (QED) is 0.641. The first-order chi connectivity index (χ1) is 9.44. The fourth-order valence-electron chi connectivity index (χ4n) is 1.35. The number of halogens is 3. The van der Waals surface area contributed by atoms with Crippen molar-refractivity contribution in [3.8, 4) is 11.5 Å². The molecule has 0 radical (unpaired) electrons. The van der Waals surface area contributed by atoms with Crippen molar-refractivity contribution in [3.05, 3.63) is 54.4 Å². The van der Waals surface area contributed by atoms with Gasteiger partial charge in [0.2, 0.25) is 0 Å². The lowest BCUT2D eigenvalue weighted by atomic mass is 10.3. The molecule has 0 fully saturated rings. The number of rotatable bonds is 3. The second kappa shape index (κ2) is 5.60. The topological polar surface area (TPSA) is 48.4 Å². The van der Waals surface area contributed by atoms with Crippen molar-refractivity contribution in [2.75, 3.05) is 0 Å². The molecule has 0 saturated heterocycles. The highest BCUT2D eigenvalue weighted by atomic mass is 19.4. The normalized spacial score (nSPS) is 10.9. The van der Waals surface area contributed by atoms with Crippen molar-refractivity contribution in [3.63, 3.8) is 0 Å². The first kappa shape index (κ1) is 13.9. The smallest absolute Gasteiger partial charge is 0.422 e. The van der Waals surface area contributed by atoms with Crippen molar-refractivity contribution in [1.82, 2.24) is 4.98 Å². The minimum Gasteiger partial charge on any atom is -0.422 e. The number of pyridine rings is 1. The second-order valence-electron chi connectivity index (χ2n) is 3.62. The molecule has 104 valence electrons. The minimum atomic E-state index is -4.76. The van der Waals surface area contributed by atoms with Gasteiger partial charge in [0.05, 0.1) is 0 Å². The molecule has 0 aliphatic heterocycles. The minimum absolute atomic E-state index is 0.0928. The van der Waals surface area contributed by atoms with Crippen LogP contribution in [0.1, 0.15) is 10.5 Å². The third kappa shape index (κ3) is 3.98. The fraction of sp³-hybridized carbons (Fsp3) is 0.0769. The van der Waals surface area contributed by atoms with Gasteiger partial charge >= 0.3 is 12.3 Å². The molecule has 0 aliphatic rings. The van der Waals surface area contributed by atoms with Crippen LogP contribution in [0.5, 0.6) is 11.5 Å². The number of hydrogen-bond acceptors (Lipinski definition) is 4. The van der Waals surface area contributed by atoms with Gasteiger partial charge in [-0.1, -0.05) is 6.07 Å². The first-order valence-electron chi connectivity index (χ1n) is 5.43. The molecular weight excluding hydrogens is 275 g/mol. The number of nitrogens with zero attached hydrogens (tertiary/aromatic N) is 1. The van der Waals surface area contributed by atoms with Crippen LogP contribution >= 0.6 is 0 Å². The Morgan fingerprint density at radius 2 is 1.65 bits per heavy atom. The highest BCUT2D eigenvalue weighted by molar-refractivity contribution is 5.88. The molecule has 2 rings (SSSR count). The average Bonchev–Trinajstić information content (AvgIpc) is 2.40. The van der Waals surface area contributed by atoms with Crippen LogP contribution in [-0.4, -0.2) is 17.3 Å². The van der Waals surface area contributed by atoms with Gasteiger partial charge in [-0.05, 0) is 36.4 Å². The van der Waals surface area contributed by atoms with E-state index in [1.807, 2.05) is 0 Å². The summed E-state index contributed by atoms with van der Waals surface area (Å²) in [5.41, 5.74) is 0.100. The molecule has 0 unspecified atom stereocenters. The van der Waals surface area contributed by atoms with E-state index in [0.717, 1.165) is 12.1 Å². The van der Waals surface area contributed by atoms with Gasteiger partial charge in [-0.3, -0.25) is 0 Å². The summed E-state index contributed by atoms with van der Waals surface area (Å²) < 4.78 is 44.5. The summed E-state index contributed by atoms with van der Waals surface area (Å²) in [6, 6.07) is 9.21. The lowest BCUT2D eigenvalue weighted by Crippen LogP contribution is -2.17. The monoisotopic (exact) mass is 283 g/mol. The summed E-state index contributed by atoms with van der Waals surface area (Å²) in [5.74, 6) is -1.000. The molecule has 0 N–H and O–H groups in total. The van der Waals surface area contributed by atoms with Gasteiger partial charge in [0.1, 0.15) is 17.2 Å². The zero-order valence-electron chi connectivity index (χ0n) is 9.92. The Hall–Kier alpha value is -2.57. The van der Waals surface area contributed by atoms with Gasteiger partial charge in [0, 0.05) is 6.20 Å². The molecule has 7 heteroatoms. The van der Waals surface area contributed by atoms with E-state index in [9.17, 15) is 18.0 Å². The van der Waals surface area contributed by atoms with Crippen LogP contribution in [0.2, 0.25) is 0 Å². The number of hydrogen-bond donors (Lipinski definition) is 0. The summed E-state index contributed by atoms with van der Waals surface area (Å²) in [7, 11) is 0. The molecule has 0 aliphatic carbocycles. The van der Waals surface area contributed by atoms with Gasteiger partial charge in [0.25, 0.3) is 0 Å². The van der Waals surface area contributed by atoms with E-state index < -0.39 is 18.1 Å². The van der Waals surface area contributed by atoms with Crippen LogP contribution in [0.3, 0.4) is 0 Å². The Balaban J connectivity index is 2.02. The third-order valence-electron chi connectivity index (χ3n) is 2.14. The maximum atomic E-state index is 12.0. The zero-order chi connectivity index (χ0) is 14.6. The van der Waals surface area contributed by atoms with Crippen LogP contribution < -0.4 is 9.47 Å². The molecule has 1 aromatic heterocycles. The number of alkyl halides is 3. The summed E-state index contributed by atoms with van der Waals surface area (Å²) >= 11 is 0. The number of aromatic nitrogens is 1. The second-order valence-corrected chi connectivity index (χ2v) is 3.62. The largest absolute Gasteiger partial charge is 0.573 e. The molecule has 0 bridgehead atoms. The lowest BCUT2D eigenvalue weighted by Gasteiger charge is -2.09. The Bertz CT molecular complexity index is 582. The summed E-state index contributed by atoms with van der Waals surface area (Å²) in [4.78, 5) is 15.4. The van der Waals surface area contributed by atoms with Gasteiger partial charge in [-0.25, -0.2) is 9.78 Å². The molecule has 1 aromatic carbocycles. The molecule has 20 heavy (non-hydrogen) atoms. The van der Waals surface area contributed by atoms with E-state index in [4.69, 9.17) is 4.74 Å². The van der Waals surface area contributed by atoms with Gasteiger partial charge in [0.15, 0.2) is 0 Å². The highest BCUT2D eigenvalue weighted by Gasteiger charge is 2.31. The van der Waals surface area contributed by atoms with E-state index >= 15 is 0 Å². The fourth-order valence-corrected chi connectivity index (χ4v) is 1.35. The van der Waals surface area contributed by atoms with Crippen molar-refractivity contribution in [2.24, 2.45) is 0 Å². The van der Waals surface area contributed by atoms with Gasteiger partial charge < -0.3 is 9.47 Å². The van der Waals surface area contributed by atoms with Crippen molar-refractivity contribution < 1.29 is 27.4 Å². The lowest BCUT2D eigenvalue weighted by molar-refractivity contribution is -0.274. The van der Waals surface area contributed by atoms with E-state index in [1.165, 1.54) is 24.4 Å². The molecule has 0 spiro atoms. The molecule has 0 saturated carbocycles. The molecular formula is C13H8F3NO3. The van der Waals surface area contributed by atoms with Crippen LogP contribution in [0.4, 0.5) is 13.2 Å². The molecule has 1 heterocycles. The molecule has 0 atom stereocenters. The first-order valence-corrected chi connectivity index (χ1v) is 5.43. The SMILES string of the molecule is O=C(Oc1ccc(OC(F)(F)F)cc1)c1ccccn1. The third-order valence-corrected chi connectivity index (χ3v) is 2.14. The number of carbonyl (C=O) groups excluding carboxylic acids is 1. The van der Waals surface area contributed by atoms with Crippen LogP contribution in [0, 0.1) is 0 Å². The van der Waals surface area contributed by atoms with Gasteiger partial charge in [-0.2, -0.15) is 0 Å². The Morgan fingerprint density at radius 3 is 2.20 bits per heavy atom. The zero-order valence-corrected chi connectivity index (χ0v) is 9.92. The Kier molecular flexibility index (Phi) is 3.88. The van der Waals surface area contributed by atoms with E-state index in [1.54, 1.807) is 12.1 Å². The van der Waals surface area contributed by atoms with Crippen molar-refractivity contribution in [2.45, 2.75) is 6.36 Å². The molecule has 2 aromatic rings. The molecule has 0 amide bonds. The van der Waals surface area contributed by atoms with Crippen LogP contribution in [0.15, 0.2) is 48.7 Å². The maximum Gasteiger partial charge on any atom is 0.573 e. The standard InChI is InChI=1S/C13H8F3NO3/c14-13(15,16)20-10-6-4-9(5-7-10)19-12(18)11-3-1-2-8-17-11/h1-8H. The van der Waals surface area contributed by atoms with E-state index in [0.29, 0.717) is 0 Å². The summed E-state index contributed by atoms with van der Waals surface area (Å²) in [6.45, 7) is 0. The Labute approximate surface area is 111 Å². The average molecular weight is 283 g/mol. The summed E-state index contributed by atoms with van der Waals surface area (Å²) in [5, 5.41) is 0. The number of esters is 1. The number of carbonyl (C=O) groups is 1. The van der Waals surface area contributed by atoms with E-state index in [2.05, 4.69) is 9.72 Å². The van der Waals surface area contributed by atoms with Crippen molar-refractivity contribution in [1.29, 1.82) is 0 Å². The van der Waals surface area contributed by atoms with Crippen LogP contribution in [-0.2, 0) is 0 Å².